The van der Waals surface area contributed by atoms with Crippen molar-refractivity contribution in [3.8, 4) is 11.5 Å². The molecular weight excluding hydrogens is 434 g/mol. The van der Waals surface area contributed by atoms with Crippen LogP contribution in [0, 0.1) is 10.8 Å². The van der Waals surface area contributed by atoms with Gasteiger partial charge >= 0.3 is 18.0 Å². The molecule has 0 saturated carbocycles. The van der Waals surface area contributed by atoms with Gasteiger partial charge in [-0.2, -0.15) is 0 Å². The predicted molar refractivity (Wildman–Crippen MR) is 131 cm³/mol. The quantitative estimate of drug-likeness (QED) is 0.304. The Morgan fingerprint density at radius 3 is 1.97 bits per heavy atom. The van der Waals surface area contributed by atoms with Crippen molar-refractivity contribution in [2.75, 3.05) is 6.54 Å². The van der Waals surface area contributed by atoms with E-state index in [2.05, 4.69) is 0 Å². The molecule has 1 aromatic carbocycles. The van der Waals surface area contributed by atoms with Crippen molar-refractivity contribution in [3.63, 3.8) is 0 Å². The number of benzene rings is 1. The molecule has 0 aliphatic carbocycles. The first kappa shape index (κ1) is 27.4. The molecule has 7 nitrogen and oxygen atoms in total. The second kappa shape index (κ2) is 9.80. The van der Waals surface area contributed by atoms with Gasteiger partial charge in [0.1, 0.15) is 17.1 Å². The summed E-state index contributed by atoms with van der Waals surface area (Å²) < 4.78 is 17.1. The number of esters is 2. The number of amides is 1. The highest BCUT2D eigenvalue weighted by molar-refractivity contribution is 5.80. The maximum atomic E-state index is 13.0. The van der Waals surface area contributed by atoms with E-state index in [1.807, 2.05) is 39.8 Å². The van der Waals surface area contributed by atoms with Gasteiger partial charge < -0.3 is 14.2 Å². The molecular formula is C27H39NO6. The van der Waals surface area contributed by atoms with Crippen LogP contribution in [-0.2, 0) is 20.7 Å². The largest absolute Gasteiger partial charge is 0.444 e. The van der Waals surface area contributed by atoms with E-state index < -0.39 is 40.5 Å². The van der Waals surface area contributed by atoms with E-state index >= 15 is 0 Å². The number of fused-ring (bicyclic) bond motifs is 1. The molecule has 1 atom stereocenters. The van der Waals surface area contributed by atoms with Crippen LogP contribution in [-0.4, -0.2) is 35.1 Å². The molecule has 188 valence electrons. The summed E-state index contributed by atoms with van der Waals surface area (Å²) in [6, 6.07) is 2.84. The van der Waals surface area contributed by atoms with E-state index in [1.165, 1.54) is 0 Å². The summed E-state index contributed by atoms with van der Waals surface area (Å²) in [6.07, 6.45) is 3.76. The van der Waals surface area contributed by atoms with Crippen LogP contribution < -0.4 is 9.47 Å². The summed E-state index contributed by atoms with van der Waals surface area (Å²) in [7, 11) is 0. The Morgan fingerprint density at radius 1 is 0.912 bits per heavy atom. The summed E-state index contributed by atoms with van der Waals surface area (Å²) in [6.45, 7) is 18.3. The van der Waals surface area contributed by atoms with E-state index in [1.54, 1.807) is 58.6 Å². The highest BCUT2D eigenvalue weighted by Gasteiger charge is 2.36. The maximum Gasteiger partial charge on any atom is 0.411 e. The molecule has 0 radical (unpaired) electrons. The van der Waals surface area contributed by atoms with Crippen molar-refractivity contribution in [2.24, 2.45) is 10.8 Å². The van der Waals surface area contributed by atoms with Gasteiger partial charge in [0.15, 0.2) is 0 Å². The Labute approximate surface area is 203 Å². The second-order valence-electron chi connectivity index (χ2n) is 11.7. The fraction of sp³-hybridized carbons (Fsp3) is 0.593. The summed E-state index contributed by atoms with van der Waals surface area (Å²) in [5.74, 6) is -0.245. The molecule has 34 heavy (non-hydrogen) atoms. The third kappa shape index (κ3) is 6.84. The minimum absolute atomic E-state index is 0.269. The zero-order valence-electron chi connectivity index (χ0n) is 22.2. The molecule has 0 bridgehead atoms. The number of allylic oxidation sites excluding steroid dienone is 1. The molecule has 0 spiro atoms. The third-order valence-corrected chi connectivity index (χ3v) is 5.10. The summed E-state index contributed by atoms with van der Waals surface area (Å²) >= 11 is 0. The van der Waals surface area contributed by atoms with Crippen molar-refractivity contribution in [2.45, 2.75) is 87.3 Å². The van der Waals surface area contributed by atoms with Gasteiger partial charge in [0.05, 0.1) is 16.9 Å². The van der Waals surface area contributed by atoms with Crippen molar-refractivity contribution < 1.29 is 28.6 Å². The summed E-state index contributed by atoms with van der Waals surface area (Å²) in [4.78, 5) is 40.0. The maximum absolute atomic E-state index is 13.0. The number of carbonyl (C=O) groups is 3. The Kier molecular flexibility index (Phi) is 7.91. The normalized spacial score (nSPS) is 16.8. The lowest BCUT2D eigenvalue weighted by atomic mass is 9.90. The topological polar surface area (TPSA) is 82.1 Å². The van der Waals surface area contributed by atoms with Crippen molar-refractivity contribution >= 4 is 18.0 Å². The van der Waals surface area contributed by atoms with Crippen molar-refractivity contribution in [3.05, 3.63) is 35.4 Å². The van der Waals surface area contributed by atoms with E-state index in [0.717, 1.165) is 5.56 Å². The second-order valence-corrected chi connectivity index (χ2v) is 11.7. The molecule has 1 aliphatic heterocycles. The first-order chi connectivity index (χ1) is 15.4. The zero-order valence-corrected chi connectivity index (χ0v) is 22.2. The Bertz CT molecular complexity index is 973. The highest BCUT2D eigenvalue weighted by Crippen LogP contribution is 2.42. The van der Waals surface area contributed by atoms with Gasteiger partial charge in [0.2, 0.25) is 0 Å². The standard InChI is InChI=1S/C27H39NO6/c1-11-12-19-21-17(13-14-28(19)24(31)34-27(8,9)10)15-18(32-22(29)25(2,3)4)16-20(21)33-23(30)26(5,6)7/h11-12,15-16,19H,13-14H2,1-10H3/b12-11+/t19-/m0/s1. The first-order valence-corrected chi connectivity index (χ1v) is 11.7. The van der Waals surface area contributed by atoms with E-state index in [0.29, 0.717) is 24.3 Å². The number of hydrogen-bond donors (Lipinski definition) is 0. The minimum Gasteiger partial charge on any atom is -0.444 e. The first-order valence-electron chi connectivity index (χ1n) is 11.7. The van der Waals surface area contributed by atoms with Crippen LogP contribution in [0.1, 0.15) is 86.4 Å². The lowest BCUT2D eigenvalue weighted by Gasteiger charge is -2.37. The molecule has 1 aromatic rings. The lowest BCUT2D eigenvalue weighted by molar-refractivity contribution is -0.143. The molecule has 1 heterocycles. The van der Waals surface area contributed by atoms with Crippen LogP contribution in [0.25, 0.3) is 0 Å². The van der Waals surface area contributed by atoms with Gasteiger partial charge in [-0.05, 0) is 87.3 Å². The van der Waals surface area contributed by atoms with Crippen LogP contribution >= 0.6 is 0 Å². The average Bonchev–Trinajstić information content (AvgIpc) is 2.65. The van der Waals surface area contributed by atoms with Gasteiger partial charge in [0, 0.05) is 18.2 Å². The van der Waals surface area contributed by atoms with Crippen molar-refractivity contribution in [1.29, 1.82) is 0 Å². The average molecular weight is 474 g/mol. The number of rotatable bonds is 3. The fourth-order valence-corrected chi connectivity index (χ4v) is 3.30. The monoisotopic (exact) mass is 473 g/mol. The fourth-order valence-electron chi connectivity index (χ4n) is 3.30. The molecule has 0 saturated heterocycles. The van der Waals surface area contributed by atoms with E-state index in [-0.39, 0.29) is 5.75 Å². The van der Waals surface area contributed by atoms with Gasteiger partial charge in [-0.1, -0.05) is 12.2 Å². The number of nitrogens with zero attached hydrogens (tertiary/aromatic N) is 1. The smallest absolute Gasteiger partial charge is 0.411 e. The van der Waals surface area contributed by atoms with E-state index in [4.69, 9.17) is 14.2 Å². The molecule has 2 rings (SSSR count). The van der Waals surface area contributed by atoms with Crippen LogP contribution in [0.15, 0.2) is 24.3 Å². The number of carbonyl (C=O) groups excluding carboxylic acids is 3. The third-order valence-electron chi connectivity index (χ3n) is 5.10. The molecule has 1 amide bonds. The van der Waals surface area contributed by atoms with Crippen molar-refractivity contribution in [1.82, 2.24) is 4.90 Å². The zero-order chi connectivity index (χ0) is 26.1. The molecule has 1 aliphatic rings. The summed E-state index contributed by atoms with van der Waals surface area (Å²) in [5, 5.41) is 0. The lowest BCUT2D eigenvalue weighted by Crippen LogP contribution is -2.42. The Morgan fingerprint density at radius 2 is 1.47 bits per heavy atom. The molecule has 0 N–H and O–H groups in total. The molecule has 0 unspecified atom stereocenters. The van der Waals surface area contributed by atoms with Crippen LogP contribution in [0.2, 0.25) is 0 Å². The van der Waals surface area contributed by atoms with Crippen LogP contribution in [0.3, 0.4) is 0 Å². The van der Waals surface area contributed by atoms with E-state index in [9.17, 15) is 14.4 Å². The van der Waals surface area contributed by atoms with Gasteiger partial charge in [-0.25, -0.2) is 4.79 Å². The van der Waals surface area contributed by atoms with Gasteiger partial charge in [0.25, 0.3) is 0 Å². The molecule has 7 heteroatoms. The van der Waals surface area contributed by atoms with Gasteiger partial charge in [-0.3, -0.25) is 14.5 Å². The van der Waals surface area contributed by atoms with Crippen LogP contribution in [0.5, 0.6) is 11.5 Å². The number of hydrogen-bond acceptors (Lipinski definition) is 6. The SMILES string of the molecule is C/C=C/[C@H]1c2c(cc(OC(=O)C(C)(C)C)cc2OC(=O)C(C)(C)C)CCN1C(=O)OC(C)(C)C. The Hall–Kier alpha value is -2.83. The van der Waals surface area contributed by atoms with Crippen LogP contribution in [0.4, 0.5) is 4.79 Å². The molecule has 0 fully saturated rings. The highest BCUT2D eigenvalue weighted by atomic mass is 16.6. The number of ether oxygens (including phenoxy) is 3. The molecule has 0 aromatic heterocycles. The van der Waals surface area contributed by atoms with Gasteiger partial charge in [-0.15, -0.1) is 0 Å². The Balaban J connectivity index is 2.61. The summed E-state index contributed by atoms with van der Waals surface area (Å²) in [5.41, 5.74) is -0.563. The predicted octanol–water partition coefficient (Wildman–Crippen LogP) is 6.00. The minimum atomic E-state index is -0.749.